The van der Waals surface area contributed by atoms with Crippen LogP contribution in [0.25, 0.3) is 10.9 Å². The second kappa shape index (κ2) is 8.80. The zero-order chi connectivity index (χ0) is 23.9. The number of amides is 3. The first-order valence-electron chi connectivity index (χ1n) is 11.9. The Morgan fingerprint density at radius 1 is 1.06 bits per heavy atom. The van der Waals surface area contributed by atoms with Gasteiger partial charge in [0.05, 0.1) is 7.11 Å². The van der Waals surface area contributed by atoms with Gasteiger partial charge in [-0.3, -0.25) is 14.6 Å². The lowest BCUT2D eigenvalue weighted by atomic mass is 9.74. The fraction of sp³-hybridized carbons (Fsp3) is 0.407. The predicted octanol–water partition coefficient (Wildman–Crippen LogP) is 3.56. The molecule has 5 rings (SSSR count). The van der Waals surface area contributed by atoms with Gasteiger partial charge in [-0.05, 0) is 61.2 Å². The molecule has 2 fully saturated rings. The van der Waals surface area contributed by atoms with E-state index in [1.165, 1.54) is 21.4 Å². The second-order valence-corrected chi connectivity index (χ2v) is 9.63. The molecule has 3 amide bonds. The summed E-state index contributed by atoms with van der Waals surface area (Å²) in [7, 11) is 5.29. The molecule has 3 heterocycles. The first-order chi connectivity index (χ1) is 16.4. The van der Waals surface area contributed by atoms with Gasteiger partial charge in [0.15, 0.2) is 0 Å². The van der Waals surface area contributed by atoms with Crippen LogP contribution in [0.5, 0.6) is 5.75 Å². The van der Waals surface area contributed by atoms with E-state index in [2.05, 4.69) is 52.3 Å². The van der Waals surface area contributed by atoms with Crippen molar-refractivity contribution in [3.8, 4) is 5.75 Å². The van der Waals surface area contributed by atoms with Crippen LogP contribution in [0.2, 0.25) is 0 Å². The van der Waals surface area contributed by atoms with Crippen molar-refractivity contribution in [3.05, 3.63) is 65.9 Å². The molecule has 1 N–H and O–H groups in total. The monoisotopic (exact) mass is 460 g/mol. The van der Waals surface area contributed by atoms with Crippen molar-refractivity contribution in [1.29, 1.82) is 0 Å². The average molecular weight is 461 g/mol. The van der Waals surface area contributed by atoms with E-state index in [0.717, 1.165) is 43.8 Å². The number of imide groups is 1. The fourth-order valence-electron chi connectivity index (χ4n) is 5.74. The topological polar surface area (TPSA) is 66.8 Å². The number of aromatic nitrogens is 1. The number of nitrogens with one attached hydrogen (secondary N) is 1. The Morgan fingerprint density at radius 3 is 2.53 bits per heavy atom. The van der Waals surface area contributed by atoms with Crippen molar-refractivity contribution in [2.75, 3.05) is 27.2 Å². The van der Waals surface area contributed by atoms with Crippen LogP contribution < -0.4 is 10.1 Å². The van der Waals surface area contributed by atoms with Crippen LogP contribution in [0.3, 0.4) is 0 Å². The van der Waals surface area contributed by atoms with Crippen molar-refractivity contribution in [1.82, 2.24) is 19.7 Å². The lowest BCUT2D eigenvalue weighted by Crippen LogP contribution is -2.57. The van der Waals surface area contributed by atoms with Gasteiger partial charge < -0.3 is 14.6 Å². The maximum Gasteiger partial charge on any atom is 0.324 e. The summed E-state index contributed by atoms with van der Waals surface area (Å²) in [6, 6.07) is 16.0. The third kappa shape index (κ3) is 3.84. The molecule has 34 heavy (non-hydrogen) atoms. The van der Waals surface area contributed by atoms with Crippen LogP contribution in [0.1, 0.15) is 24.0 Å². The maximum atomic E-state index is 13.4. The van der Waals surface area contributed by atoms with Crippen molar-refractivity contribution in [3.63, 3.8) is 0 Å². The van der Waals surface area contributed by atoms with Gasteiger partial charge in [-0.15, -0.1) is 0 Å². The molecular formula is C27H32N4O3. The van der Waals surface area contributed by atoms with Crippen LogP contribution in [-0.4, -0.2) is 59.1 Å². The number of likely N-dealkylation sites (N-methyl/N-ethyl adjacent to an activating group) is 1. The molecule has 2 aliphatic heterocycles. The second-order valence-electron chi connectivity index (χ2n) is 9.63. The minimum Gasteiger partial charge on any atom is -0.497 e. The highest BCUT2D eigenvalue weighted by atomic mass is 16.5. The SMILES string of the molecule is COc1cccc(C[C@@]2(C3CCN(Cc4cn(C)c5ccccc45)CC3)NC(=O)N(C)C2=O)c1. The fourth-order valence-corrected chi connectivity index (χ4v) is 5.74. The number of carbonyl (C=O) groups is 2. The summed E-state index contributed by atoms with van der Waals surface area (Å²) in [6.07, 6.45) is 4.40. The molecular weight excluding hydrogens is 428 g/mol. The number of benzene rings is 2. The van der Waals surface area contributed by atoms with Crippen LogP contribution in [0.15, 0.2) is 54.7 Å². The molecule has 0 aliphatic carbocycles. The van der Waals surface area contributed by atoms with Crippen LogP contribution in [0.4, 0.5) is 4.79 Å². The number of nitrogens with zero attached hydrogens (tertiary/aromatic N) is 3. The summed E-state index contributed by atoms with van der Waals surface area (Å²) in [4.78, 5) is 29.7. The number of carbonyl (C=O) groups excluding carboxylic acids is 2. The number of methoxy groups -OCH3 is 1. The predicted molar refractivity (Wildman–Crippen MR) is 132 cm³/mol. The van der Waals surface area contributed by atoms with Crippen molar-refractivity contribution >= 4 is 22.8 Å². The molecule has 1 atom stereocenters. The highest BCUT2D eigenvalue weighted by Gasteiger charge is 2.54. The van der Waals surface area contributed by atoms with Gasteiger partial charge in [0.1, 0.15) is 11.3 Å². The van der Waals surface area contributed by atoms with Crippen LogP contribution in [-0.2, 0) is 24.8 Å². The zero-order valence-electron chi connectivity index (χ0n) is 20.1. The number of para-hydroxylation sites is 1. The van der Waals surface area contributed by atoms with Crippen molar-refractivity contribution < 1.29 is 14.3 Å². The highest BCUT2D eigenvalue weighted by Crippen LogP contribution is 2.37. The summed E-state index contributed by atoms with van der Waals surface area (Å²) in [5, 5.41) is 4.38. The maximum absolute atomic E-state index is 13.4. The van der Waals surface area contributed by atoms with Gasteiger partial charge in [-0.2, -0.15) is 0 Å². The lowest BCUT2D eigenvalue weighted by Gasteiger charge is -2.41. The summed E-state index contributed by atoms with van der Waals surface area (Å²) in [5.41, 5.74) is 2.64. The summed E-state index contributed by atoms with van der Waals surface area (Å²) >= 11 is 0. The molecule has 178 valence electrons. The molecule has 0 radical (unpaired) electrons. The number of urea groups is 1. The number of aryl methyl sites for hydroxylation is 1. The van der Waals surface area contributed by atoms with E-state index in [4.69, 9.17) is 4.74 Å². The smallest absolute Gasteiger partial charge is 0.324 e. The molecule has 0 bridgehead atoms. The van der Waals surface area contributed by atoms with E-state index >= 15 is 0 Å². The van der Waals surface area contributed by atoms with Crippen LogP contribution >= 0.6 is 0 Å². The molecule has 0 unspecified atom stereocenters. The lowest BCUT2D eigenvalue weighted by molar-refractivity contribution is -0.133. The summed E-state index contributed by atoms with van der Waals surface area (Å²) in [6.45, 7) is 2.67. The number of piperidine rings is 1. The minimum atomic E-state index is -0.913. The third-order valence-corrected chi connectivity index (χ3v) is 7.60. The first kappa shape index (κ1) is 22.5. The molecule has 0 spiro atoms. The van der Waals surface area contributed by atoms with Gasteiger partial charge in [-0.1, -0.05) is 30.3 Å². The van der Waals surface area contributed by atoms with E-state index in [-0.39, 0.29) is 17.9 Å². The highest BCUT2D eigenvalue weighted by molar-refractivity contribution is 6.07. The third-order valence-electron chi connectivity index (χ3n) is 7.60. The number of likely N-dealkylation sites (tertiary alicyclic amines) is 1. The molecule has 2 aliphatic rings. The number of hydrogen-bond acceptors (Lipinski definition) is 4. The van der Waals surface area contributed by atoms with E-state index in [1.54, 1.807) is 14.2 Å². The molecule has 0 saturated carbocycles. The Morgan fingerprint density at radius 2 is 1.82 bits per heavy atom. The molecule has 2 saturated heterocycles. The first-order valence-corrected chi connectivity index (χ1v) is 11.9. The van der Waals surface area contributed by atoms with Gasteiger partial charge in [0.2, 0.25) is 0 Å². The van der Waals surface area contributed by atoms with Crippen molar-refractivity contribution in [2.45, 2.75) is 31.3 Å². The largest absolute Gasteiger partial charge is 0.497 e. The van der Waals surface area contributed by atoms with Crippen LogP contribution in [0, 0.1) is 5.92 Å². The summed E-state index contributed by atoms with van der Waals surface area (Å²) < 4.78 is 7.56. The molecule has 3 aromatic rings. The Hall–Kier alpha value is -3.32. The zero-order valence-corrected chi connectivity index (χ0v) is 20.1. The Labute approximate surface area is 200 Å². The molecule has 7 nitrogen and oxygen atoms in total. The van der Waals surface area contributed by atoms with Crippen molar-refractivity contribution in [2.24, 2.45) is 13.0 Å². The van der Waals surface area contributed by atoms with Gasteiger partial charge in [0, 0.05) is 44.2 Å². The standard InChI is InChI=1S/C27H32N4O3/c1-29-17-20(23-9-4-5-10-24(23)29)18-31-13-11-21(12-14-31)27(25(32)30(2)26(33)28-27)16-19-7-6-8-22(15-19)34-3/h4-10,15,17,21H,11-14,16,18H2,1-3H3,(H,28,33)/t27-/m0/s1. The normalized spacial score (nSPS) is 21.9. The molecule has 2 aromatic carbocycles. The molecule has 7 heteroatoms. The van der Waals surface area contributed by atoms with Gasteiger partial charge in [0.25, 0.3) is 5.91 Å². The summed E-state index contributed by atoms with van der Waals surface area (Å²) in [5.74, 6) is 0.694. The quantitative estimate of drug-likeness (QED) is 0.571. The average Bonchev–Trinajstić information content (AvgIpc) is 3.28. The van der Waals surface area contributed by atoms with E-state index in [1.807, 2.05) is 24.3 Å². The van der Waals surface area contributed by atoms with E-state index < -0.39 is 5.54 Å². The number of fused-ring (bicyclic) bond motifs is 1. The number of ether oxygens (including phenoxy) is 1. The number of rotatable bonds is 6. The molecule has 1 aromatic heterocycles. The van der Waals surface area contributed by atoms with E-state index in [9.17, 15) is 9.59 Å². The number of hydrogen-bond donors (Lipinski definition) is 1. The van der Waals surface area contributed by atoms with Gasteiger partial charge in [-0.25, -0.2) is 4.79 Å². The van der Waals surface area contributed by atoms with Gasteiger partial charge >= 0.3 is 6.03 Å². The Kier molecular flexibility index (Phi) is 5.81. The Balaban J connectivity index is 1.35. The minimum absolute atomic E-state index is 0.0730. The Bertz CT molecular complexity index is 1230. The van der Waals surface area contributed by atoms with E-state index in [0.29, 0.717) is 6.42 Å².